The minimum absolute atomic E-state index is 0.382. The molecule has 2 atom stereocenters. The molecular formula is C10H13FO2. The molecule has 0 aromatic heterocycles. The fraction of sp³-hybridized carbons (Fsp3) is 0.700. The summed E-state index contributed by atoms with van der Waals surface area (Å²) < 4.78 is 18.7. The van der Waals surface area contributed by atoms with E-state index in [-0.39, 0.29) is 0 Å². The van der Waals surface area contributed by atoms with Gasteiger partial charge in [0.1, 0.15) is 11.8 Å². The minimum atomic E-state index is -0.996. The first-order chi connectivity index (χ1) is 6.14. The summed E-state index contributed by atoms with van der Waals surface area (Å²) in [4.78, 5) is 11.1. The van der Waals surface area contributed by atoms with E-state index < -0.39 is 17.7 Å². The molecule has 2 rings (SSSR count). The first kappa shape index (κ1) is 8.73. The number of carbonyl (C=O) groups excluding carboxylic acids is 1. The van der Waals surface area contributed by atoms with Gasteiger partial charge in [-0.2, -0.15) is 0 Å². The first-order valence-corrected chi connectivity index (χ1v) is 4.69. The van der Waals surface area contributed by atoms with Crippen molar-refractivity contribution in [3.8, 4) is 0 Å². The number of alkyl halides is 1. The zero-order valence-corrected chi connectivity index (χ0v) is 7.51. The fourth-order valence-corrected chi connectivity index (χ4v) is 2.21. The van der Waals surface area contributed by atoms with Crippen LogP contribution in [0.25, 0.3) is 0 Å². The van der Waals surface area contributed by atoms with Crippen molar-refractivity contribution in [3.05, 3.63) is 12.2 Å². The monoisotopic (exact) mass is 184 g/mol. The van der Waals surface area contributed by atoms with Gasteiger partial charge in [0.05, 0.1) is 0 Å². The van der Waals surface area contributed by atoms with E-state index in [9.17, 15) is 9.18 Å². The van der Waals surface area contributed by atoms with Gasteiger partial charge in [-0.1, -0.05) is 13.0 Å². The molecule has 0 amide bonds. The highest BCUT2D eigenvalue weighted by Crippen LogP contribution is 2.43. The Morgan fingerprint density at radius 2 is 2.31 bits per heavy atom. The van der Waals surface area contributed by atoms with Crippen molar-refractivity contribution >= 4 is 5.97 Å². The highest BCUT2D eigenvalue weighted by molar-refractivity contribution is 5.90. The Morgan fingerprint density at radius 1 is 1.54 bits per heavy atom. The van der Waals surface area contributed by atoms with Gasteiger partial charge in [0.15, 0.2) is 0 Å². The molecule has 0 N–H and O–H groups in total. The van der Waals surface area contributed by atoms with Crippen molar-refractivity contribution in [2.24, 2.45) is 0 Å². The molecule has 3 heteroatoms. The van der Waals surface area contributed by atoms with Crippen molar-refractivity contribution in [3.63, 3.8) is 0 Å². The quantitative estimate of drug-likeness (QED) is 0.426. The number of carbonyl (C=O) groups is 1. The summed E-state index contributed by atoms with van der Waals surface area (Å²) in [5.74, 6) is -0.412. The Labute approximate surface area is 76.8 Å². The van der Waals surface area contributed by atoms with Crippen LogP contribution in [0.1, 0.15) is 32.1 Å². The third-order valence-corrected chi connectivity index (χ3v) is 2.98. The van der Waals surface area contributed by atoms with Gasteiger partial charge in [-0.05, 0) is 19.3 Å². The lowest BCUT2D eigenvalue weighted by atomic mass is 9.80. The zero-order valence-electron chi connectivity index (χ0n) is 7.51. The van der Waals surface area contributed by atoms with Gasteiger partial charge in [-0.3, -0.25) is 0 Å². The molecule has 1 aliphatic carbocycles. The molecule has 0 radical (unpaired) electrons. The number of rotatable bonds is 0. The maximum absolute atomic E-state index is 13.6. The summed E-state index contributed by atoms with van der Waals surface area (Å²) in [7, 11) is 0. The van der Waals surface area contributed by atoms with E-state index in [4.69, 9.17) is 4.74 Å². The molecule has 2 aliphatic rings. The average molecular weight is 184 g/mol. The van der Waals surface area contributed by atoms with Gasteiger partial charge in [0.25, 0.3) is 0 Å². The van der Waals surface area contributed by atoms with Crippen LogP contribution in [0.15, 0.2) is 12.2 Å². The van der Waals surface area contributed by atoms with Crippen molar-refractivity contribution < 1.29 is 13.9 Å². The Bertz CT molecular complexity index is 244. The fourth-order valence-electron chi connectivity index (χ4n) is 2.21. The van der Waals surface area contributed by atoms with Crippen LogP contribution < -0.4 is 0 Å². The van der Waals surface area contributed by atoms with Crippen LogP contribution in [-0.2, 0) is 9.53 Å². The van der Waals surface area contributed by atoms with E-state index in [0.717, 1.165) is 12.8 Å². The van der Waals surface area contributed by atoms with Gasteiger partial charge in [-0.15, -0.1) is 0 Å². The maximum atomic E-state index is 13.6. The van der Waals surface area contributed by atoms with Crippen LogP contribution in [0.4, 0.5) is 4.39 Å². The van der Waals surface area contributed by atoms with Crippen molar-refractivity contribution in [2.75, 3.05) is 0 Å². The molecular weight excluding hydrogens is 171 g/mol. The molecule has 1 saturated carbocycles. The third kappa shape index (κ3) is 1.26. The summed E-state index contributed by atoms with van der Waals surface area (Å²) >= 11 is 0. The molecule has 1 spiro atoms. The molecule has 2 unspecified atom stereocenters. The standard InChI is InChI=1S/C10H13FO2/c1-7-6-10(13-9(7)12)5-3-2-4-8(10)11/h8H,1-6H2. The second-order valence-corrected chi connectivity index (χ2v) is 3.95. The second kappa shape index (κ2) is 2.82. The molecule has 0 aromatic carbocycles. The predicted molar refractivity (Wildman–Crippen MR) is 45.9 cm³/mol. The Kier molecular flexibility index (Phi) is 1.90. The van der Waals surface area contributed by atoms with Crippen LogP contribution in [0.5, 0.6) is 0 Å². The number of hydrogen-bond donors (Lipinski definition) is 0. The topological polar surface area (TPSA) is 26.3 Å². The molecule has 0 aromatic rings. The highest BCUT2D eigenvalue weighted by atomic mass is 19.1. The van der Waals surface area contributed by atoms with Crippen LogP contribution in [-0.4, -0.2) is 17.7 Å². The average Bonchev–Trinajstić information content (AvgIpc) is 2.36. The molecule has 1 aliphatic heterocycles. The molecule has 1 heterocycles. The summed E-state index contributed by atoms with van der Waals surface area (Å²) in [5, 5.41) is 0. The third-order valence-electron chi connectivity index (χ3n) is 2.98. The van der Waals surface area contributed by atoms with Crippen LogP contribution >= 0.6 is 0 Å². The number of ether oxygens (including phenoxy) is 1. The summed E-state index contributed by atoms with van der Waals surface area (Å²) in [6.07, 6.45) is 2.39. The Hall–Kier alpha value is -0.860. The van der Waals surface area contributed by atoms with E-state index in [1.165, 1.54) is 0 Å². The van der Waals surface area contributed by atoms with Crippen LogP contribution in [0, 0.1) is 0 Å². The van der Waals surface area contributed by atoms with Crippen molar-refractivity contribution in [1.82, 2.24) is 0 Å². The lowest BCUT2D eigenvalue weighted by Gasteiger charge is -2.34. The van der Waals surface area contributed by atoms with E-state index in [0.29, 0.717) is 24.8 Å². The highest BCUT2D eigenvalue weighted by Gasteiger charge is 2.50. The van der Waals surface area contributed by atoms with Gasteiger partial charge in [-0.25, -0.2) is 9.18 Å². The first-order valence-electron chi connectivity index (χ1n) is 4.69. The molecule has 2 fully saturated rings. The predicted octanol–water partition coefficient (Wildman–Crippen LogP) is 2.14. The molecule has 0 bridgehead atoms. The van der Waals surface area contributed by atoms with Gasteiger partial charge in [0, 0.05) is 12.0 Å². The normalized spacial score (nSPS) is 39.6. The zero-order chi connectivity index (χ0) is 9.47. The lowest BCUT2D eigenvalue weighted by Crippen LogP contribution is -2.42. The minimum Gasteiger partial charge on any atom is -0.452 e. The van der Waals surface area contributed by atoms with Crippen LogP contribution in [0.3, 0.4) is 0 Å². The maximum Gasteiger partial charge on any atom is 0.334 e. The second-order valence-electron chi connectivity index (χ2n) is 3.95. The van der Waals surface area contributed by atoms with E-state index >= 15 is 0 Å². The van der Waals surface area contributed by atoms with Crippen molar-refractivity contribution in [1.29, 1.82) is 0 Å². The smallest absolute Gasteiger partial charge is 0.334 e. The van der Waals surface area contributed by atoms with Gasteiger partial charge in [0.2, 0.25) is 0 Å². The van der Waals surface area contributed by atoms with Gasteiger partial charge >= 0.3 is 5.97 Å². The molecule has 72 valence electrons. The molecule has 13 heavy (non-hydrogen) atoms. The summed E-state index contributed by atoms with van der Waals surface area (Å²) in [5.41, 5.74) is -0.420. The van der Waals surface area contributed by atoms with E-state index in [1.807, 2.05) is 0 Å². The SMILES string of the molecule is C=C1CC2(CCCCC2F)OC1=O. The number of halogens is 1. The van der Waals surface area contributed by atoms with Crippen molar-refractivity contribution in [2.45, 2.75) is 43.9 Å². The number of esters is 1. The van der Waals surface area contributed by atoms with E-state index in [2.05, 4.69) is 6.58 Å². The Balaban J connectivity index is 2.20. The molecule has 2 nitrogen and oxygen atoms in total. The number of hydrogen-bond acceptors (Lipinski definition) is 2. The summed E-state index contributed by atoms with van der Waals surface area (Å²) in [6.45, 7) is 3.58. The Morgan fingerprint density at radius 3 is 2.85 bits per heavy atom. The molecule has 1 saturated heterocycles. The van der Waals surface area contributed by atoms with Gasteiger partial charge < -0.3 is 4.74 Å². The lowest BCUT2D eigenvalue weighted by molar-refractivity contribution is -0.156. The summed E-state index contributed by atoms with van der Waals surface area (Å²) in [6, 6.07) is 0. The largest absolute Gasteiger partial charge is 0.452 e. The van der Waals surface area contributed by atoms with E-state index in [1.54, 1.807) is 0 Å². The van der Waals surface area contributed by atoms with Crippen LogP contribution in [0.2, 0.25) is 0 Å².